The number of H-pyrrole nitrogens is 2. The van der Waals surface area contributed by atoms with E-state index in [1.165, 1.54) is 64.2 Å². The molecular weight excluding hydrogens is 556 g/mol. The first-order chi connectivity index (χ1) is 22.0. The molecule has 2 aromatic heterocycles. The minimum atomic E-state index is 0.399. The summed E-state index contributed by atoms with van der Waals surface area (Å²) >= 11 is 0. The van der Waals surface area contributed by atoms with Gasteiger partial charge in [0.1, 0.15) is 23.3 Å². The van der Waals surface area contributed by atoms with Crippen LogP contribution in [0.1, 0.15) is 87.0 Å². The second-order valence-corrected chi connectivity index (χ2v) is 15.9. The number of nitrogens with zero attached hydrogens (tertiary/aromatic N) is 4. The molecule has 0 amide bonds. The van der Waals surface area contributed by atoms with Crippen LogP contribution in [-0.4, -0.2) is 43.7 Å². The molecule has 8 saturated carbocycles. The van der Waals surface area contributed by atoms with Gasteiger partial charge in [-0.15, -0.1) is 0 Å². The number of benzene rings is 2. The van der Waals surface area contributed by atoms with Crippen molar-refractivity contribution in [3.05, 3.63) is 59.2 Å². The number of rotatable bonds is 6. The molecule has 0 radical (unpaired) electrons. The quantitative estimate of drug-likeness (QED) is 0.157. The number of amidine groups is 2. The number of aromatic nitrogens is 4. The Labute approximate surface area is 264 Å². The van der Waals surface area contributed by atoms with Gasteiger partial charge in [-0.25, -0.2) is 9.97 Å². The zero-order chi connectivity index (χ0) is 29.8. The van der Waals surface area contributed by atoms with Gasteiger partial charge >= 0.3 is 0 Å². The van der Waals surface area contributed by atoms with E-state index in [2.05, 4.69) is 46.4 Å². The topological polar surface area (TPSA) is 134 Å². The molecule has 0 saturated heterocycles. The van der Waals surface area contributed by atoms with E-state index in [-0.39, 0.29) is 0 Å². The highest BCUT2D eigenvalue weighted by molar-refractivity contribution is 6.01. The molecule has 8 nitrogen and oxygen atoms in total. The molecule has 8 heteroatoms. The van der Waals surface area contributed by atoms with Crippen LogP contribution in [0.4, 0.5) is 0 Å². The molecule has 2 heterocycles. The Morgan fingerprint density at radius 3 is 1.33 bits per heavy atom. The van der Waals surface area contributed by atoms with Crippen LogP contribution in [0.2, 0.25) is 0 Å². The molecule has 0 spiro atoms. The summed E-state index contributed by atoms with van der Waals surface area (Å²) < 4.78 is 0. The van der Waals surface area contributed by atoms with Crippen molar-refractivity contribution < 1.29 is 0 Å². The Balaban J connectivity index is 0.861. The van der Waals surface area contributed by atoms with E-state index in [1.54, 1.807) is 0 Å². The highest BCUT2D eigenvalue weighted by Crippen LogP contribution is 2.56. The number of aromatic amines is 2. The van der Waals surface area contributed by atoms with Crippen LogP contribution in [-0.2, 0) is 6.42 Å². The van der Waals surface area contributed by atoms with Crippen molar-refractivity contribution in [3.8, 4) is 0 Å². The second-order valence-electron chi connectivity index (χ2n) is 15.9. The van der Waals surface area contributed by atoms with Crippen molar-refractivity contribution in [2.75, 3.05) is 0 Å². The summed E-state index contributed by atoms with van der Waals surface area (Å²) in [6.45, 7) is 0. The number of fused-ring (bicyclic) bond motifs is 2. The van der Waals surface area contributed by atoms with Gasteiger partial charge in [0.25, 0.3) is 0 Å². The molecule has 6 N–H and O–H groups in total. The van der Waals surface area contributed by atoms with Gasteiger partial charge in [0, 0.05) is 11.1 Å². The van der Waals surface area contributed by atoms with Crippen molar-refractivity contribution in [2.45, 2.75) is 82.7 Å². The van der Waals surface area contributed by atoms with Crippen molar-refractivity contribution in [1.82, 2.24) is 19.9 Å². The van der Waals surface area contributed by atoms with E-state index >= 15 is 0 Å². The Kier molecular flexibility index (Phi) is 5.84. The molecule has 45 heavy (non-hydrogen) atoms. The summed E-state index contributed by atoms with van der Waals surface area (Å²) in [6.07, 6.45) is 14.3. The molecule has 8 fully saturated rings. The second kappa shape index (κ2) is 9.91. The molecule has 0 aliphatic heterocycles. The highest BCUT2D eigenvalue weighted by atomic mass is 15.0. The average molecular weight is 601 g/mol. The normalized spacial score (nSPS) is 37.0. The van der Waals surface area contributed by atoms with Gasteiger partial charge in [-0.1, -0.05) is 0 Å². The number of aliphatic imine (C=N–C) groups is 2. The lowest BCUT2D eigenvalue weighted by atomic mass is 9.54. The summed E-state index contributed by atoms with van der Waals surface area (Å²) in [6, 6.07) is 13.3. The Bertz CT molecular complexity index is 1670. The molecule has 8 aliphatic rings. The SMILES string of the molecule is NC(=NC1C2CC3CC(C2)CC1C3)c1ccc2[nH]c(Cc3nc4cc(C(N)=NC5C6CC7CC(C6)CC5C7)ccc4[nH]3)nc2c1. The van der Waals surface area contributed by atoms with Crippen molar-refractivity contribution >= 4 is 33.7 Å². The van der Waals surface area contributed by atoms with Crippen molar-refractivity contribution in [3.63, 3.8) is 0 Å². The van der Waals surface area contributed by atoms with Crippen LogP contribution in [0.3, 0.4) is 0 Å². The molecular formula is C37H44N8. The van der Waals surface area contributed by atoms with Crippen molar-refractivity contribution in [2.24, 2.45) is 68.8 Å². The molecule has 0 unspecified atom stereocenters. The Morgan fingerprint density at radius 1 is 0.578 bits per heavy atom. The predicted molar refractivity (Wildman–Crippen MR) is 178 cm³/mol. The Morgan fingerprint density at radius 2 is 0.956 bits per heavy atom. The fourth-order valence-corrected chi connectivity index (χ4v) is 11.4. The maximum absolute atomic E-state index is 6.64. The fraction of sp³-hybridized carbons (Fsp3) is 0.568. The zero-order valence-corrected chi connectivity index (χ0v) is 26.0. The maximum Gasteiger partial charge on any atom is 0.125 e. The van der Waals surface area contributed by atoms with E-state index in [4.69, 9.17) is 31.4 Å². The first-order valence-corrected chi connectivity index (χ1v) is 17.6. The summed E-state index contributed by atoms with van der Waals surface area (Å²) in [4.78, 5) is 27.1. The average Bonchev–Trinajstić information content (AvgIpc) is 3.61. The summed E-state index contributed by atoms with van der Waals surface area (Å²) in [5.74, 6) is 9.76. The first-order valence-electron chi connectivity index (χ1n) is 17.6. The van der Waals surface area contributed by atoms with Gasteiger partial charge in [0.2, 0.25) is 0 Å². The molecule has 8 aliphatic carbocycles. The third-order valence-corrected chi connectivity index (χ3v) is 12.9. The molecule has 12 rings (SSSR count). The van der Waals surface area contributed by atoms with E-state index in [1.807, 2.05) is 0 Å². The third kappa shape index (κ3) is 4.53. The van der Waals surface area contributed by atoms with Crippen LogP contribution in [0.25, 0.3) is 22.1 Å². The fourth-order valence-electron chi connectivity index (χ4n) is 11.4. The van der Waals surface area contributed by atoms with Gasteiger partial charge in [-0.2, -0.15) is 0 Å². The van der Waals surface area contributed by atoms with Gasteiger partial charge in [0.05, 0.1) is 40.6 Å². The number of imidazole rings is 2. The summed E-state index contributed by atoms with van der Waals surface area (Å²) in [5.41, 5.74) is 19.0. The largest absolute Gasteiger partial charge is 0.383 e. The number of nitrogens with one attached hydrogen (secondary N) is 2. The summed E-state index contributed by atoms with van der Waals surface area (Å²) in [5, 5.41) is 0. The zero-order valence-electron chi connectivity index (χ0n) is 26.0. The third-order valence-electron chi connectivity index (χ3n) is 12.9. The standard InChI is InChI=1S/C37H44N8/c38-36(44-34-24-7-18-5-19(9-24)10-25(34)8-18)22-1-3-28-30(15-22)42-32(40-28)17-33-41-29-4-2-23(16-31(29)43-33)37(39)45-35-26-11-20-6-21(13-26)14-27(35)12-20/h1-4,15-16,18-21,24-27,34-35H,5-14,17H2,(H2,38,44)(H2,39,45)(H,40,42)(H,41,43). The van der Waals surface area contributed by atoms with E-state index in [0.29, 0.717) is 30.2 Å². The van der Waals surface area contributed by atoms with Gasteiger partial charge in [0.15, 0.2) is 0 Å². The molecule has 4 aromatic rings. The smallest absolute Gasteiger partial charge is 0.125 e. The van der Waals surface area contributed by atoms with Crippen molar-refractivity contribution in [1.29, 1.82) is 0 Å². The lowest BCUT2D eigenvalue weighted by molar-refractivity contribution is 0.00123. The summed E-state index contributed by atoms with van der Waals surface area (Å²) in [7, 11) is 0. The molecule has 8 bridgehead atoms. The van der Waals surface area contributed by atoms with Crippen LogP contribution in [0.5, 0.6) is 0 Å². The predicted octanol–water partition coefficient (Wildman–Crippen LogP) is 6.09. The maximum atomic E-state index is 6.64. The van der Waals surface area contributed by atoms with E-state index in [9.17, 15) is 0 Å². The van der Waals surface area contributed by atoms with Crippen LogP contribution >= 0.6 is 0 Å². The molecule has 0 atom stereocenters. The molecule has 2 aromatic carbocycles. The van der Waals surface area contributed by atoms with Gasteiger partial charge in [-0.3, -0.25) is 9.98 Å². The minimum absolute atomic E-state index is 0.399. The number of nitrogens with two attached hydrogens (primary N) is 2. The lowest BCUT2D eigenvalue weighted by Gasteiger charge is -2.53. The number of hydrogen-bond acceptors (Lipinski definition) is 4. The lowest BCUT2D eigenvalue weighted by Crippen LogP contribution is -2.48. The van der Waals surface area contributed by atoms with Crippen LogP contribution in [0, 0.1) is 47.3 Å². The highest BCUT2D eigenvalue weighted by Gasteiger charge is 2.49. The molecule has 232 valence electrons. The van der Waals surface area contributed by atoms with Gasteiger partial charge < -0.3 is 21.4 Å². The first kappa shape index (κ1) is 26.5. The monoisotopic (exact) mass is 600 g/mol. The van der Waals surface area contributed by atoms with Gasteiger partial charge in [-0.05, 0) is 148 Å². The van der Waals surface area contributed by atoms with E-state index < -0.39 is 0 Å². The van der Waals surface area contributed by atoms with E-state index in [0.717, 1.165) is 92.2 Å². The minimum Gasteiger partial charge on any atom is -0.383 e. The number of hydrogen-bond donors (Lipinski definition) is 4. The van der Waals surface area contributed by atoms with Crippen LogP contribution < -0.4 is 11.5 Å². The van der Waals surface area contributed by atoms with Crippen LogP contribution in [0.15, 0.2) is 46.4 Å². The Hall–Kier alpha value is -3.68.